The van der Waals surface area contributed by atoms with Crippen molar-refractivity contribution >= 4 is 31.5 Å². The van der Waals surface area contributed by atoms with Crippen molar-refractivity contribution in [3.8, 4) is 0 Å². The monoisotopic (exact) mass is 299 g/mol. The number of sulfone groups is 1. The molecule has 0 aliphatic carbocycles. The number of nitrogens with zero attached hydrogens (tertiary/aromatic N) is 1. The molecule has 0 unspecified atom stereocenters. The van der Waals surface area contributed by atoms with Crippen molar-refractivity contribution in [2.45, 2.75) is 6.43 Å². The zero-order valence-corrected chi connectivity index (χ0v) is 10.8. The summed E-state index contributed by atoms with van der Waals surface area (Å²) in [4.78, 5) is 0. The summed E-state index contributed by atoms with van der Waals surface area (Å²) in [6.07, 6.45) is -2.16. The molecule has 0 aromatic rings. The molecule has 0 heterocycles. The van der Waals surface area contributed by atoms with Crippen LogP contribution in [0.4, 0.5) is 8.78 Å². The van der Waals surface area contributed by atoms with Gasteiger partial charge in [-0.1, -0.05) is 0 Å². The molecule has 0 rings (SSSR count). The molecule has 0 atom stereocenters. The quantitative estimate of drug-likeness (QED) is 0.626. The summed E-state index contributed by atoms with van der Waals surface area (Å²) in [5.74, 6) is -0.185. The summed E-state index contributed by atoms with van der Waals surface area (Å²) >= 11 is 5.26. The minimum absolute atomic E-state index is 0.185. The first-order valence-corrected chi connectivity index (χ1v) is 8.28. The average Bonchev–Trinajstić information content (AvgIpc) is 1.97. The van der Waals surface area contributed by atoms with Crippen LogP contribution in [0.15, 0.2) is 0 Å². The Balaban J connectivity index is 4.90. The maximum atomic E-state index is 12.1. The minimum Gasteiger partial charge on any atom is -0.228 e. The molecule has 0 aromatic heterocycles. The largest absolute Gasteiger partial charge is 0.252 e. The van der Waals surface area contributed by atoms with Gasteiger partial charge < -0.3 is 0 Å². The van der Waals surface area contributed by atoms with Gasteiger partial charge in [0.1, 0.15) is 0 Å². The molecule has 0 amide bonds. The van der Waals surface area contributed by atoms with Crippen LogP contribution in [0.1, 0.15) is 0 Å². The highest BCUT2D eigenvalue weighted by Crippen LogP contribution is 2.08. The fourth-order valence-corrected chi connectivity index (χ4v) is 4.71. The van der Waals surface area contributed by atoms with Gasteiger partial charge >= 0.3 is 0 Å². The Morgan fingerprint density at radius 2 is 1.75 bits per heavy atom. The number of alkyl halides is 3. The number of hydrogen-bond donors (Lipinski definition) is 0. The Morgan fingerprint density at radius 3 is 2.06 bits per heavy atom. The number of halogens is 3. The van der Waals surface area contributed by atoms with Crippen LogP contribution < -0.4 is 0 Å². The highest BCUT2D eigenvalue weighted by Gasteiger charge is 2.28. The van der Waals surface area contributed by atoms with Gasteiger partial charge in [-0.25, -0.2) is 25.6 Å². The topological polar surface area (TPSA) is 71.5 Å². The van der Waals surface area contributed by atoms with Crippen molar-refractivity contribution in [3.63, 3.8) is 0 Å². The summed E-state index contributed by atoms with van der Waals surface area (Å²) in [6.45, 7) is -1.39. The Morgan fingerprint density at radius 1 is 1.25 bits per heavy atom. The van der Waals surface area contributed by atoms with E-state index < -0.39 is 37.9 Å². The van der Waals surface area contributed by atoms with Crippen molar-refractivity contribution in [1.29, 1.82) is 0 Å². The van der Waals surface area contributed by atoms with Crippen molar-refractivity contribution < 1.29 is 25.6 Å². The first-order valence-electron chi connectivity index (χ1n) is 4.08. The van der Waals surface area contributed by atoms with Crippen LogP contribution in [-0.2, 0) is 19.9 Å². The van der Waals surface area contributed by atoms with E-state index in [-0.39, 0.29) is 12.4 Å². The molecule has 0 saturated carbocycles. The third-order valence-electron chi connectivity index (χ3n) is 1.43. The van der Waals surface area contributed by atoms with Crippen LogP contribution in [0, 0.1) is 0 Å². The molecule has 0 aliphatic rings. The van der Waals surface area contributed by atoms with Crippen LogP contribution in [-0.4, -0.2) is 57.9 Å². The van der Waals surface area contributed by atoms with Crippen LogP contribution >= 0.6 is 11.6 Å². The van der Waals surface area contributed by atoms with E-state index in [1.54, 1.807) is 0 Å². The summed E-state index contributed by atoms with van der Waals surface area (Å²) in [7, 11) is -8.05. The van der Waals surface area contributed by atoms with Gasteiger partial charge in [0.25, 0.3) is 6.43 Å². The lowest BCUT2D eigenvalue weighted by molar-refractivity contribution is 0.121. The Bertz CT molecular complexity index is 408. The predicted octanol–water partition coefficient (Wildman–Crippen LogP) is 0.124. The molecular weight excluding hydrogens is 288 g/mol. The number of rotatable bonds is 7. The molecule has 0 aliphatic heterocycles. The molecule has 0 fully saturated rings. The predicted molar refractivity (Wildman–Crippen MR) is 56.9 cm³/mol. The molecule has 5 nitrogen and oxygen atoms in total. The highest BCUT2D eigenvalue weighted by molar-refractivity contribution is 8.06. The lowest BCUT2D eigenvalue weighted by atomic mass is 10.6. The third-order valence-corrected chi connectivity index (χ3v) is 5.62. The highest BCUT2D eigenvalue weighted by atomic mass is 35.5. The van der Waals surface area contributed by atoms with Gasteiger partial charge in [0.2, 0.25) is 10.0 Å². The summed E-state index contributed by atoms with van der Waals surface area (Å²) in [6, 6.07) is 0. The van der Waals surface area contributed by atoms with Gasteiger partial charge in [0, 0.05) is 18.7 Å². The van der Waals surface area contributed by atoms with E-state index in [2.05, 4.69) is 0 Å². The van der Waals surface area contributed by atoms with Crippen molar-refractivity contribution in [2.75, 3.05) is 30.3 Å². The van der Waals surface area contributed by atoms with E-state index in [1.165, 1.54) is 0 Å². The van der Waals surface area contributed by atoms with E-state index in [0.717, 1.165) is 0 Å². The fraction of sp³-hybridized carbons (Fsp3) is 1.00. The van der Waals surface area contributed by atoms with Crippen LogP contribution in [0.2, 0.25) is 0 Å². The summed E-state index contributed by atoms with van der Waals surface area (Å²) in [5, 5.41) is -1.19. The normalized spacial score (nSPS) is 13.6. The first kappa shape index (κ1) is 16.0. The number of hydrogen-bond acceptors (Lipinski definition) is 4. The van der Waals surface area contributed by atoms with Crippen LogP contribution in [0.25, 0.3) is 0 Å². The lowest BCUT2D eigenvalue weighted by Crippen LogP contribution is -2.39. The van der Waals surface area contributed by atoms with Gasteiger partial charge in [-0.2, -0.15) is 4.31 Å². The van der Waals surface area contributed by atoms with Gasteiger partial charge in [0.15, 0.2) is 14.9 Å². The molecule has 16 heavy (non-hydrogen) atoms. The molecule has 98 valence electrons. The van der Waals surface area contributed by atoms with Crippen molar-refractivity contribution in [3.05, 3.63) is 0 Å². The molecule has 0 spiro atoms. The molecule has 0 saturated heterocycles. The van der Waals surface area contributed by atoms with E-state index >= 15 is 0 Å². The lowest BCUT2D eigenvalue weighted by Gasteiger charge is -2.19. The van der Waals surface area contributed by atoms with E-state index in [4.69, 9.17) is 11.6 Å². The maximum Gasteiger partial charge on any atom is 0.252 e. The maximum absolute atomic E-state index is 12.1. The van der Waals surface area contributed by atoms with Gasteiger partial charge in [0.05, 0.1) is 6.54 Å². The molecule has 0 bridgehead atoms. The zero-order chi connectivity index (χ0) is 13.0. The standard InChI is InChI=1S/C6H12ClF2NO4S2/c1-15(11,12)5-16(13,14)10(3-2-7)4-6(8)9/h6H,2-5H2,1H3. The SMILES string of the molecule is CS(=O)(=O)CS(=O)(=O)N(CCCl)CC(F)F. The molecule has 0 aromatic carbocycles. The molecular formula is C6H12ClF2NO4S2. The van der Waals surface area contributed by atoms with Gasteiger partial charge in [-0.05, 0) is 0 Å². The van der Waals surface area contributed by atoms with Crippen LogP contribution in [0.3, 0.4) is 0 Å². The van der Waals surface area contributed by atoms with E-state index in [1.807, 2.05) is 0 Å². The Kier molecular flexibility index (Phi) is 6.09. The zero-order valence-electron chi connectivity index (χ0n) is 8.44. The second-order valence-corrected chi connectivity index (χ2v) is 7.95. The fourth-order valence-electron chi connectivity index (χ4n) is 0.937. The minimum atomic E-state index is -4.26. The van der Waals surface area contributed by atoms with Crippen molar-refractivity contribution in [2.24, 2.45) is 0 Å². The van der Waals surface area contributed by atoms with Crippen molar-refractivity contribution in [1.82, 2.24) is 4.31 Å². The first-order chi connectivity index (χ1) is 7.08. The van der Waals surface area contributed by atoms with Gasteiger partial charge in [-0.15, -0.1) is 11.6 Å². The average molecular weight is 300 g/mol. The molecule has 0 radical (unpaired) electrons. The number of sulfonamides is 1. The Hall–Kier alpha value is 0.01000. The molecule has 10 heteroatoms. The smallest absolute Gasteiger partial charge is 0.228 e. The van der Waals surface area contributed by atoms with Crippen LogP contribution in [0.5, 0.6) is 0 Å². The summed E-state index contributed by atoms with van der Waals surface area (Å²) in [5.41, 5.74) is 0. The van der Waals surface area contributed by atoms with E-state index in [9.17, 15) is 25.6 Å². The second-order valence-electron chi connectivity index (χ2n) is 3.09. The summed E-state index contributed by atoms with van der Waals surface area (Å²) < 4.78 is 69.0. The molecule has 0 N–H and O–H groups in total. The second kappa shape index (κ2) is 6.08. The van der Waals surface area contributed by atoms with E-state index in [0.29, 0.717) is 10.6 Å². The Labute approximate surface area is 98.3 Å². The van der Waals surface area contributed by atoms with Gasteiger partial charge in [-0.3, -0.25) is 0 Å². The third kappa shape index (κ3) is 6.56.